The van der Waals surface area contributed by atoms with Crippen LogP contribution in [0.5, 0.6) is 0 Å². The van der Waals surface area contributed by atoms with E-state index in [1.54, 1.807) is 6.21 Å². The number of hydrogen-bond acceptors (Lipinski definition) is 6. The average Bonchev–Trinajstić information content (AvgIpc) is 3.47. The lowest BCUT2D eigenvalue weighted by Gasteiger charge is -2.00. The third-order valence-electron chi connectivity index (χ3n) is 5.79. The summed E-state index contributed by atoms with van der Waals surface area (Å²) in [6.07, 6.45) is 5.04. The molecule has 0 N–H and O–H groups in total. The molecule has 6 aromatic rings. The molecule has 0 aliphatic carbocycles. The molecule has 0 radical (unpaired) electrons. The molecule has 35 heavy (non-hydrogen) atoms. The molecule has 0 atom stereocenters. The van der Waals surface area contributed by atoms with Crippen LogP contribution in [-0.2, 0) is 0 Å². The first-order valence-corrected chi connectivity index (χ1v) is 11.9. The Bertz CT molecular complexity index is 1780. The second-order valence-corrected chi connectivity index (χ2v) is 9.26. The average molecular weight is 477 g/mol. The fourth-order valence-corrected chi connectivity index (χ4v) is 5.36. The number of aromatic nitrogens is 5. The summed E-state index contributed by atoms with van der Waals surface area (Å²) >= 11 is 1.36. The van der Waals surface area contributed by atoms with Gasteiger partial charge in [-0.3, -0.25) is 4.79 Å². The molecule has 4 aromatic heterocycles. The minimum Gasteiger partial charge on any atom is -0.266 e. The van der Waals surface area contributed by atoms with E-state index in [4.69, 9.17) is 5.10 Å². The van der Waals surface area contributed by atoms with E-state index in [1.165, 1.54) is 22.3 Å². The quantitative estimate of drug-likeness (QED) is 0.321. The Kier molecular flexibility index (Phi) is 5.08. The van der Waals surface area contributed by atoms with Crippen LogP contribution in [0, 0.1) is 13.8 Å². The van der Waals surface area contributed by atoms with Gasteiger partial charge >= 0.3 is 0 Å². The lowest BCUT2D eigenvalue weighted by Crippen LogP contribution is -2.15. The van der Waals surface area contributed by atoms with E-state index in [0.717, 1.165) is 44.0 Å². The summed E-state index contributed by atoms with van der Waals surface area (Å²) in [6.45, 7) is 3.97. The predicted octanol–water partition coefficient (Wildman–Crippen LogP) is 5.36. The second-order valence-electron chi connectivity index (χ2n) is 8.26. The summed E-state index contributed by atoms with van der Waals surface area (Å²) in [7, 11) is 0. The van der Waals surface area contributed by atoms with E-state index >= 15 is 0 Å². The van der Waals surface area contributed by atoms with Crippen molar-refractivity contribution in [1.82, 2.24) is 24.4 Å². The SMILES string of the molecule is Cc1cc(C)c2c(n1)sc1c(=O)n(/N=C/c3cn(-c4ccccc4)nc3-c3ccccc3)cnc12. The molecule has 0 fully saturated rings. The maximum atomic E-state index is 13.3. The van der Waals surface area contributed by atoms with Crippen LogP contribution in [0.15, 0.2) is 89.2 Å². The van der Waals surface area contributed by atoms with Gasteiger partial charge in [-0.15, -0.1) is 11.3 Å². The maximum absolute atomic E-state index is 13.3. The van der Waals surface area contributed by atoms with Crippen molar-refractivity contribution in [3.8, 4) is 16.9 Å². The Morgan fingerprint density at radius 2 is 1.74 bits per heavy atom. The van der Waals surface area contributed by atoms with Crippen LogP contribution in [0.25, 0.3) is 37.4 Å². The Morgan fingerprint density at radius 3 is 2.51 bits per heavy atom. The molecule has 0 saturated heterocycles. The third-order valence-corrected chi connectivity index (χ3v) is 6.85. The van der Waals surface area contributed by atoms with E-state index in [2.05, 4.69) is 15.1 Å². The van der Waals surface area contributed by atoms with Crippen molar-refractivity contribution in [3.05, 3.63) is 106 Å². The molecule has 0 spiro atoms. The highest BCUT2D eigenvalue weighted by molar-refractivity contribution is 7.25. The van der Waals surface area contributed by atoms with Crippen molar-refractivity contribution in [2.24, 2.45) is 5.10 Å². The zero-order chi connectivity index (χ0) is 23.9. The fraction of sp³-hybridized carbons (Fsp3) is 0.0741. The van der Waals surface area contributed by atoms with Gasteiger partial charge in [-0.1, -0.05) is 48.5 Å². The molecule has 7 nitrogen and oxygen atoms in total. The van der Waals surface area contributed by atoms with Gasteiger partial charge in [0, 0.05) is 28.4 Å². The van der Waals surface area contributed by atoms with Crippen LogP contribution >= 0.6 is 11.3 Å². The first-order valence-electron chi connectivity index (χ1n) is 11.1. The van der Waals surface area contributed by atoms with Crippen LogP contribution in [0.4, 0.5) is 0 Å². The molecule has 0 unspecified atom stereocenters. The third kappa shape index (κ3) is 3.74. The van der Waals surface area contributed by atoms with Crippen LogP contribution in [-0.4, -0.2) is 30.6 Å². The van der Waals surface area contributed by atoms with Crippen molar-refractivity contribution in [1.29, 1.82) is 0 Å². The van der Waals surface area contributed by atoms with Crippen LogP contribution in [0.2, 0.25) is 0 Å². The Hall–Kier alpha value is -4.43. The molecule has 0 bridgehead atoms. The van der Waals surface area contributed by atoms with Crippen LogP contribution < -0.4 is 5.56 Å². The minimum absolute atomic E-state index is 0.219. The number of hydrogen-bond donors (Lipinski definition) is 0. The van der Waals surface area contributed by atoms with Gasteiger partial charge in [-0.25, -0.2) is 14.6 Å². The maximum Gasteiger partial charge on any atom is 0.291 e. The van der Waals surface area contributed by atoms with Crippen molar-refractivity contribution in [3.63, 3.8) is 0 Å². The normalized spacial score (nSPS) is 11.7. The first-order chi connectivity index (χ1) is 17.1. The lowest BCUT2D eigenvalue weighted by atomic mass is 10.1. The van der Waals surface area contributed by atoms with E-state index in [9.17, 15) is 4.79 Å². The zero-order valence-electron chi connectivity index (χ0n) is 19.1. The van der Waals surface area contributed by atoms with Crippen molar-refractivity contribution in [2.45, 2.75) is 13.8 Å². The predicted molar refractivity (Wildman–Crippen MR) is 141 cm³/mol. The number of rotatable bonds is 4. The van der Waals surface area contributed by atoms with Gasteiger partial charge in [0.2, 0.25) is 0 Å². The Morgan fingerprint density at radius 1 is 1.00 bits per heavy atom. The van der Waals surface area contributed by atoms with Gasteiger partial charge < -0.3 is 0 Å². The van der Waals surface area contributed by atoms with Gasteiger partial charge in [0.25, 0.3) is 5.56 Å². The highest BCUT2D eigenvalue weighted by atomic mass is 32.1. The van der Waals surface area contributed by atoms with Crippen molar-refractivity contribution >= 4 is 38.0 Å². The molecule has 0 aliphatic rings. The number of para-hydroxylation sites is 1. The molecule has 170 valence electrons. The van der Waals surface area contributed by atoms with E-state index in [1.807, 2.05) is 91.5 Å². The van der Waals surface area contributed by atoms with E-state index in [-0.39, 0.29) is 5.56 Å². The zero-order valence-corrected chi connectivity index (χ0v) is 19.9. The van der Waals surface area contributed by atoms with Crippen molar-refractivity contribution in [2.75, 3.05) is 0 Å². The topological polar surface area (TPSA) is 78.0 Å². The van der Waals surface area contributed by atoms with Crippen molar-refractivity contribution < 1.29 is 0 Å². The molecular weight excluding hydrogens is 456 g/mol. The van der Waals surface area contributed by atoms with Gasteiger partial charge in [0.05, 0.1) is 17.4 Å². The summed E-state index contributed by atoms with van der Waals surface area (Å²) < 4.78 is 3.63. The summed E-state index contributed by atoms with van der Waals surface area (Å²) in [5, 5.41) is 10.2. The van der Waals surface area contributed by atoms with E-state index < -0.39 is 0 Å². The first kappa shape index (κ1) is 21.1. The largest absolute Gasteiger partial charge is 0.291 e. The molecular formula is C27H20N6OS. The standard InChI is InChI=1S/C27H20N6OS/c1-17-13-18(2)30-26-22(17)24-25(35-26)27(34)33(16-28-24)29-14-20-15-32(21-11-7-4-8-12-21)31-23(20)19-9-5-3-6-10-19/h3-16H,1-2H3/b29-14+. The molecule has 0 aliphatic heterocycles. The molecule has 0 amide bonds. The Balaban J connectivity index is 1.46. The highest BCUT2D eigenvalue weighted by Crippen LogP contribution is 2.31. The van der Waals surface area contributed by atoms with Gasteiger partial charge in [-0.2, -0.15) is 14.9 Å². The van der Waals surface area contributed by atoms with E-state index in [0.29, 0.717) is 10.2 Å². The van der Waals surface area contributed by atoms with Gasteiger partial charge in [0.1, 0.15) is 21.6 Å². The van der Waals surface area contributed by atoms with Crippen LogP contribution in [0.3, 0.4) is 0 Å². The Labute approximate surface area is 204 Å². The summed E-state index contributed by atoms with van der Waals surface area (Å²) in [6, 6.07) is 21.8. The highest BCUT2D eigenvalue weighted by Gasteiger charge is 2.15. The molecule has 2 aromatic carbocycles. The number of nitrogens with zero attached hydrogens (tertiary/aromatic N) is 6. The number of benzene rings is 2. The second kappa shape index (κ2) is 8.41. The smallest absolute Gasteiger partial charge is 0.266 e. The van der Waals surface area contributed by atoms with Crippen LogP contribution in [0.1, 0.15) is 16.8 Å². The minimum atomic E-state index is -0.219. The monoisotopic (exact) mass is 476 g/mol. The number of thiophene rings is 1. The number of pyridine rings is 1. The summed E-state index contributed by atoms with van der Waals surface area (Å²) in [5.74, 6) is 0. The molecule has 0 saturated carbocycles. The van der Waals surface area contributed by atoms with Gasteiger partial charge in [-0.05, 0) is 37.6 Å². The fourth-order valence-electron chi connectivity index (χ4n) is 4.18. The molecule has 4 heterocycles. The lowest BCUT2D eigenvalue weighted by molar-refractivity contribution is 0.819. The number of fused-ring (bicyclic) bond motifs is 3. The molecule has 6 rings (SSSR count). The summed E-state index contributed by atoms with van der Waals surface area (Å²) in [4.78, 5) is 23.2. The molecule has 8 heteroatoms. The summed E-state index contributed by atoms with van der Waals surface area (Å²) in [5.41, 5.74) is 5.90. The van der Waals surface area contributed by atoms with Gasteiger partial charge in [0.15, 0.2) is 0 Å². The number of aryl methyl sites for hydroxylation is 2.